The van der Waals surface area contributed by atoms with Crippen LogP contribution in [0.3, 0.4) is 0 Å². The van der Waals surface area contributed by atoms with E-state index in [4.69, 9.17) is 4.84 Å². The van der Waals surface area contributed by atoms with Crippen molar-refractivity contribution in [1.82, 2.24) is 25.6 Å². The molecule has 4 N–H and O–H groups in total. The molecule has 0 spiro atoms. The van der Waals surface area contributed by atoms with Crippen LogP contribution in [0, 0.1) is 5.92 Å². The number of Topliss-reactive ketones (excluding diaryl/α,β-unsaturated/α-hetero) is 1. The molecule has 2 aliphatic rings. The van der Waals surface area contributed by atoms with Crippen molar-refractivity contribution in [2.45, 2.75) is 109 Å². The van der Waals surface area contributed by atoms with Gasteiger partial charge in [0.05, 0.1) is 5.52 Å². The standard InChI is InChI=1S/C33H47N5O7/c1-5-20(2)29-33(44)37-17-11-10-15-27(37)32(43)34-24(13-7-9-16-28(40)21(3)39)30(41)35-25(31(42)36-29)18-22-19-38(45-4)26-14-8-6-12-23(22)26/h6,8,12,14,19-21,24-25,27,29,39H,5,7,9-11,13,15-18H2,1-4H3,(H,34,43)(H,35,41)(H,36,42)/t20-,21?,24-,25?,27+,29?/m0/s1. The molecular formula is C33H47N5O7. The third kappa shape index (κ3) is 8.02. The number of carbonyl (C=O) groups excluding carboxylic acids is 5. The second kappa shape index (κ2) is 15.4. The van der Waals surface area contributed by atoms with Gasteiger partial charge in [0.25, 0.3) is 0 Å². The Kier molecular flexibility index (Phi) is 11.6. The normalized spacial score (nSPS) is 24.4. The molecule has 2 fully saturated rings. The predicted octanol–water partition coefficient (Wildman–Crippen LogP) is 1.65. The van der Waals surface area contributed by atoms with Crippen molar-refractivity contribution in [3.8, 4) is 0 Å². The lowest BCUT2D eigenvalue weighted by Crippen LogP contribution is -2.64. The van der Waals surface area contributed by atoms with E-state index in [0.29, 0.717) is 32.2 Å². The van der Waals surface area contributed by atoms with Gasteiger partial charge in [-0.05, 0) is 56.6 Å². The minimum atomic E-state index is -1.06. The molecule has 6 atom stereocenters. The molecule has 12 nitrogen and oxygen atoms in total. The number of fused-ring (bicyclic) bond motifs is 2. The summed E-state index contributed by atoms with van der Waals surface area (Å²) in [7, 11) is 1.54. The van der Waals surface area contributed by atoms with Gasteiger partial charge in [-0.2, -0.15) is 4.73 Å². The fourth-order valence-electron chi connectivity index (χ4n) is 6.21. The van der Waals surface area contributed by atoms with E-state index >= 15 is 0 Å². The molecule has 3 heterocycles. The summed E-state index contributed by atoms with van der Waals surface area (Å²) in [5.41, 5.74) is 1.57. The minimum absolute atomic E-state index is 0.117. The van der Waals surface area contributed by atoms with Gasteiger partial charge < -0.3 is 30.8 Å². The van der Waals surface area contributed by atoms with E-state index in [2.05, 4.69) is 16.0 Å². The third-order valence-corrected chi connectivity index (χ3v) is 9.14. The predicted molar refractivity (Wildman–Crippen MR) is 168 cm³/mol. The van der Waals surface area contributed by atoms with Gasteiger partial charge in [0, 0.05) is 31.0 Å². The van der Waals surface area contributed by atoms with Crippen LogP contribution < -0.4 is 20.8 Å². The van der Waals surface area contributed by atoms with E-state index in [1.54, 1.807) is 22.9 Å². The van der Waals surface area contributed by atoms with E-state index < -0.39 is 48.0 Å². The number of hydrogen-bond donors (Lipinski definition) is 4. The number of piperidine rings is 1. The summed E-state index contributed by atoms with van der Waals surface area (Å²) in [6, 6.07) is 3.90. The molecule has 0 aliphatic carbocycles. The molecule has 1 aromatic carbocycles. The summed E-state index contributed by atoms with van der Waals surface area (Å²) in [6.45, 7) is 5.64. The Morgan fingerprint density at radius 1 is 1.00 bits per heavy atom. The Labute approximate surface area is 264 Å². The summed E-state index contributed by atoms with van der Waals surface area (Å²) < 4.78 is 1.60. The molecular weight excluding hydrogens is 578 g/mol. The van der Waals surface area contributed by atoms with Crippen LogP contribution in [0.25, 0.3) is 10.9 Å². The summed E-state index contributed by atoms with van der Waals surface area (Å²) in [6.07, 6.45) is 4.64. The first kappa shape index (κ1) is 34.0. The van der Waals surface area contributed by atoms with Gasteiger partial charge in [0.1, 0.15) is 37.4 Å². The summed E-state index contributed by atoms with van der Waals surface area (Å²) in [5, 5.41) is 19.1. The Balaban J connectivity index is 1.68. The molecule has 2 saturated heterocycles. The highest BCUT2D eigenvalue weighted by Gasteiger charge is 2.41. The number of ketones is 1. The number of aromatic nitrogens is 1. The smallest absolute Gasteiger partial charge is 0.246 e. The molecule has 3 unspecified atom stereocenters. The van der Waals surface area contributed by atoms with E-state index in [0.717, 1.165) is 29.3 Å². The molecule has 2 aliphatic heterocycles. The molecule has 0 saturated carbocycles. The number of amides is 4. The average molecular weight is 626 g/mol. The zero-order valence-corrected chi connectivity index (χ0v) is 26.7. The highest BCUT2D eigenvalue weighted by Crippen LogP contribution is 2.24. The van der Waals surface area contributed by atoms with Gasteiger partial charge in [-0.15, -0.1) is 0 Å². The molecule has 4 rings (SSSR count). The van der Waals surface area contributed by atoms with Crippen molar-refractivity contribution < 1.29 is 33.9 Å². The van der Waals surface area contributed by atoms with Gasteiger partial charge in [-0.3, -0.25) is 24.0 Å². The van der Waals surface area contributed by atoms with Crippen LogP contribution in [0.2, 0.25) is 0 Å². The highest BCUT2D eigenvalue weighted by molar-refractivity contribution is 5.98. The first-order valence-corrected chi connectivity index (χ1v) is 16.1. The molecule has 1 aromatic heterocycles. The maximum atomic E-state index is 14.0. The van der Waals surface area contributed by atoms with Crippen LogP contribution in [-0.2, 0) is 30.4 Å². The van der Waals surface area contributed by atoms with E-state index in [9.17, 15) is 29.1 Å². The highest BCUT2D eigenvalue weighted by atomic mass is 16.6. The van der Waals surface area contributed by atoms with E-state index in [1.807, 2.05) is 38.1 Å². The topological polar surface area (TPSA) is 159 Å². The molecule has 4 amide bonds. The number of hydrogen-bond acceptors (Lipinski definition) is 7. The second-order valence-electron chi connectivity index (χ2n) is 12.3. The number of nitrogens with one attached hydrogen (secondary N) is 3. The number of aliphatic hydroxyl groups excluding tert-OH is 1. The quantitative estimate of drug-likeness (QED) is 0.277. The number of unbranched alkanes of at least 4 members (excludes halogenated alkanes) is 1. The van der Waals surface area contributed by atoms with Crippen LogP contribution in [0.4, 0.5) is 0 Å². The average Bonchev–Trinajstić information content (AvgIpc) is 3.40. The van der Waals surface area contributed by atoms with Crippen LogP contribution in [0.1, 0.15) is 77.7 Å². The largest absolute Gasteiger partial charge is 0.417 e. The van der Waals surface area contributed by atoms with Crippen LogP contribution in [-0.4, -0.2) is 88.1 Å². The first-order chi connectivity index (χ1) is 21.5. The summed E-state index contributed by atoms with van der Waals surface area (Å²) >= 11 is 0. The number of aliphatic hydroxyl groups is 1. The maximum Gasteiger partial charge on any atom is 0.246 e. The molecule has 45 heavy (non-hydrogen) atoms. The fraction of sp³-hybridized carbons (Fsp3) is 0.606. The van der Waals surface area contributed by atoms with Crippen LogP contribution >= 0.6 is 0 Å². The van der Waals surface area contributed by atoms with Crippen molar-refractivity contribution in [3.05, 3.63) is 36.0 Å². The second-order valence-corrected chi connectivity index (χ2v) is 12.3. The van der Waals surface area contributed by atoms with Crippen molar-refractivity contribution >= 4 is 40.3 Å². The monoisotopic (exact) mass is 625 g/mol. The number of nitrogens with zero attached hydrogens (tertiary/aromatic N) is 2. The summed E-state index contributed by atoms with van der Waals surface area (Å²) in [5.74, 6) is -2.21. The van der Waals surface area contributed by atoms with Crippen molar-refractivity contribution in [2.24, 2.45) is 5.92 Å². The van der Waals surface area contributed by atoms with E-state index in [-0.39, 0.29) is 36.9 Å². The Hall–Kier alpha value is -3.93. The minimum Gasteiger partial charge on any atom is -0.417 e. The molecule has 0 bridgehead atoms. The number of para-hydroxylation sites is 1. The number of carbonyl (C=O) groups is 5. The lowest BCUT2D eigenvalue weighted by molar-refractivity contribution is -0.147. The Morgan fingerprint density at radius 2 is 1.71 bits per heavy atom. The zero-order valence-electron chi connectivity index (χ0n) is 26.7. The van der Waals surface area contributed by atoms with Gasteiger partial charge in [0.15, 0.2) is 5.78 Å². The van der Waals surface area contributed by atoms with Gasteiger partial charge >= 0.3 is 0 Å². The Morgan fingerprint density at radius 3 is 2.42 bits per heavy atom. The van der Waals surface area contributed by atoms with Crippen molar-refractivity contribution in [3.63, 3.8) is 0 Å². The lowest BCUT2D eigenvalue weighted by atomic mass is 9.93. The Bertz CT molecular complexity index is 1390. The first-order valence-electron chi connectivity index (χ1n) is 16.1. The fourth-order valence-corrected chi connectivity index (χ4v) is 6.21. The third-order valence-electron chi connectivity index (χ3n) is 9.14. The maximum absolute atomic E-state index is 14.0. The van der Waals surface area contributed by atoms with Crippen molar-refractivity contribution in [2.75, 3.05) is 13.7 Å². The lowest BCUT2D eigenvalue weighted by Gasteiger charge is -2.39. The van der Waals surface area contributed by atoms with Crippen LogP contribution in [0.5, 0.6) is 0 Å². The van der Waals surface area contributed by atoms with Crippen molar-refractivity contribution in [1.29, 1.82) is 0 Å². The van der Waals surface area contributed by atoms with Crippen LogP contribution in [0.15, 0.2) is 30.5 Å². The molecule has 12 heteroatoms. The SMILES string of the molecule is CC[C@H](C)C1NC(=O)C(Cc2cn(OC)c3ccccc23)NC(=O)[C@H](CCCCC(=O)C(C)O)NC(=O)[C@H]2CCCCN2C1=O. The number of rotatable bonds is 11. The molecule has 2 aromatic rings. The van der Waals surface area contributed by atoms with Gasteiger partial charge in [-0.1, -0.05) is 44.9 Å². The van der Waals surface area contributed by atoms with Gasteiger partial charge in [-0.25, -0.2) is 0 Å². The summed E-state index contributed by atoms with van der Waals surface area (Å²) in [4.78, 5) is 74.6. The molecule has 246 valence electrons. The van der Waals surface area contributed by atoms with Gasteiger partial charge in [0.2, 0.25) is 23.6 Å². The molecule has 0 radical (unpaired) electrons. The number of benzene rings is 1. The zero-order chi connectivity index (χ0) is 32.7. The van der Waals surface area contributed by atoms with E-state index in [1.165, 1.54) is 6.92 Å².